The van der Waals surface area contributed by atoms with Crippen molar-refractivity contribution in [3.05, 3.63) is 132 Å². The van der Waals surface area contributed by atoms with E-state index in [9.17, 15) is 9.36 Å². The normalized spacial score (nSPS) is 13.1. The lowest BCUT2D eigenvalue weighted by Gasteiger charge is -2.32. The van der Waals surface area contributed by atoms with Gasteiger partial charge in [0.25, 0.3) is 5.91 Å². The van der Waals surface area contributed by atoms with E-state index in [0.29, 0.717) is 18.7 Å². The summed E-state index contributed by atoms with van der Waals surface area (Å²) in [6.45, 7) is 7.45. The Morgan fingerprint density at radius 1 is 0.730 bits per heavy atom. The molecule has 0 aromatic heterocycles. The van der Waals surface area contributed by atoms with Crippen molar-refractivity contribution in [3.63, 3.8) is 0 Å². The van der Waals surface area contributed by atoms with Crippen molar-refractivity contribution in [3.8, 4) is 0 Å². The number of amides is 1. The first-order chi connectivity index (χ1) is 18.0. The smallest absolute Gasteiger partial charge is 0.253 e. The highest BCUT2D eigenvalue weighted by atomic mass is 31.2. The quantitative estimate of drug-likeness (QED) is 0.247. The Kier molecular flexibility index (Phi) is 8.76. The fraction of sp³-hybridized carbons (Fsp3) is 0.219. The Morgan fingerprint density at radius 2 is 1.22 bits per heavy atom. The van der Waals surface area contributed by atoms with Crippen LogP contribution in [0.3, 0.4) is 0 Å². The summed E-state index contributed by atoms with van der Waals surface area (Å²) >= 11 is 0. The predicted octanol–water partition coefficient (Wildman–Crippen LogP) is 6.53. The molecular weight excluding hydrogens is 475 g/mol. The van der Waals surface area contributed by atoms with Crippen molar-refractivity contribution in [1.29, 1.82) is 0 Å². The highest BCUT2D eigenvalue weighted by Crippen LogP contribution is 2.45. The molecule has 5 heteroatoms. The van der Waals surface area contributed by atoms with Gasteiger partial charge in [-0.1, -0.05) is 85.8 Å². The minimum Gasteiger partial charge on any atom is -0.339 e. The maximum atomic E-state index is 14.9. The molecule has 1 amide bonds. The molecule has 190 valence electrons. The highest BCUT2D eigenvalue weighted by molar-refractivity contribution is 7.76. The first-order valence-electron chi connectivity index (χ1n) is 12.9. The number of hydrogen-bond donors (Lipinski definition) is 1. The van der Waals surface area contributed by atoms with Crippen molar-refractivity contribution < 1.29 is 9.36 Å². The van der Waals surface area contributed by atoms with Gasteiger partial charge in [0.2, 0.25) is 7.29 Å². The third kappa shape index (κ3) is 5.93. The Labute approximate surface area is 220 Å². The second-order valence-corrected chi connectivity index (χ2v) is 11.7. The molecule has 0 radical (unpaired) electrons. The molecule has 2 unspecified atom stereocenters. The van der Waals surface area contributed by atoms with Crippen molar-refractivity contribution >= 4 is 23.8 Å². The van der Waals surface area contributed by atoms with E-state index in [1.54, 1.807) is 0 Å². The van der Waals surface area contributed by atoms with Crippen molar-refractivity contribution in [2.75, 3.05) is 13.1 Å². The summed E-state index contributed by atoms with van der Waals surface area (Å²) in [6, 6.07) is 37.0. The fourth-order valence-corrected chi connectivity index (χ4v) is 7.29. The van der Waals surface area contributed by atoms with E-state index in [2.05, 4.69) is 30.2 Å². The Balaban J connectivity index is 1.78. The van der Waals surface area contributed by atoms with E-state index in [0.717, 1.165) is 21.7 Å². The van der Waals surface area contributed by atoms with Crippen LogP contribution in [0.15, 0.2) is 115 Å². The number of carbonyl (C=O) groups excluding carboxylic acids is 1. The van der Waals surface area contributed by atoms with Gasteiger partial charge in [0.15, 0.2) is 0 Å². The van der Waals surface area contributed by atoms with E-state index in [1.807, 2.05) is 116 Å². The van der Waals surface area contributed by atoms with E-state index in [-0.39, 0.29) is 17.9 Å². The predicted molar refractivity (Wildman–Crippen MR) is 154 cm³/mol. The molecule has 0 saturated carbocycles. The first kappa shape index (κ1) is 26.6. The average molecular weight is 511 g/mol. The number of nitrogens with zero attached hydrogens (tertiary/aromatic N) is 1. The van der Waals surface area contributed by atoms with Gasteiger partial charge in [-0.3, -0.25) is 14.4 Å². The van der Waals surface area contributed by atoms with Crippen LogP contribution in [0, 0.1) is 0 Å². The second-order valence-electron chi connectivity index (χ2n) is 9.19. The summed E-state index contributed by atoms with van der Waals surface area (Å²) in [5.74, 6) is -0.0323. The molecular formula is C32H35N2O2P. The molecule has 1 N–H and O–H groups in total. The second kappa shape index (κ2) is 12.2. The number of hydrogen-bond acceptors (Lipinski definition) is 2. The summed E-state index contributed by atoms with van der Waals surface area (Å²) in [5.41, 5.74) is 2.74. The monoisotopic (exact) mass is 510 g/mol. The Hall–Kier alpha value is -3.46. The van der Waals surface area contributed by atoms with E-state index in [1.165, 1.54) is 0 Å². The first-order valence-corrected chi connectivity index (χ1v) is 14.6. The van der Waals surface area contributed by atoms with Gasteiger partial charge >= 0.3 is 0 Å². The van der Waals surface area contributed by atoms with Crippen molar-refractivity contribution in [2.24, 2.45) is 0 Å². The lowest BCUT2D eigenvalue weighted by atomic mass is 9.88. The number of benzene rings is 4. The molecule has 37 heavy (non-hydrogen) atoms. The van der Waals surface area contributed by atoms with Gasteiger partial charge in [-0.05, 0) is 61.4 Å². The molecule has 0 aliphatic heterocycles. The molecule has 4 aromatic carbocycles. The highest BCUT2D eigenvalue weighted by Gasteiger charge is 2.33. The number of carbonyl (C=O) groups is 1. The summed E-state index contributed by atoms with van der Waals surface area (Å²) in [6.07, 6.45) is 0. The molecule has 4 aromatic rings. The number of rotatable bonds is 10. The van der Waals surface area contributed by atoms with Crippen LogP contribution in [-0.2, 0) is 4.57 Å². The van der Waals surface area contributed by atoms with Crippen LogP contribution in [-0.4, -0.2) is 23.9 Å². The molecule has 0 heterocycles. The van der Waals surface area contributed by atoms with Crippen LogP contribution in [0.2, 0.25) is 0 Å². The average Bonchev–Trinajstić information content (AvgIpc) is 2.97. The minimum absolute atomic E-state index is 0.0301. The standard InChI is InChI=1S/C32H35N2O2P/c1-4-34(5-2)32(35)28-19-15-18-27(24-28)25(3)31(26-16-9-6-10-17-26)33-37(36,29-20-11-7-12-21-29)30-22-13-8-14-23-30/h6-25,31H,4-5H2,1-3H3,(H,33,36). The van der Waals surface area contributed by atoms with Gasteiger partial charge in [0.1, 0.15) is 0 Å². The summed E-state index contributed by atoms with van der Waals surface area (Å²) in [5, 5.41) is 5.16. The van der Waals surface area contributed by atoms with E-state index >= 15 is 0 Å². The maximum Gasteiger partial charge on any atom is 0.253 e. The molecule has 0 saturated heterocycles. The third-order valence-corrected chi connectivity index (χ3v) is 9.62. The number of nitrogens with one attached hydrogen (secondary N) is 1. The SMILES string of the molecule is CCN(CC)C(=O)c1cccc(C(C)C(NP(=O)(c2ccccc2)c2ccccc2)c2ccccc2)c1. The van der Waals surface area contributed by atoms with Crippen molar-refractivity contribution in [2.45, 2.75) is 32.7 Å². The van der Waals surface area contributed by atoms with Crippen LogP contribution >= 0.6 is 7.29 Å². The summed E-state index contributed by atoms with van der Waals surface area (Å²) < 4.78 is 14.9. The van der Waals surface area contributed by atoms with Gasteiger partial charge in [0.05, 0.1) is 0 Å². The van der Waals surface area contributed by atoms with Crippen LogP contribution < -0.4 is 15.7 Å². The van der Waals surface area contributed by atoms with Gasteiger partial charge < -0.3 is 4.90 Å². The van der Waals surface area contributed by atoms with Crippen LogP contribution in [0.25, 0.3) is 0 Å². The molecule has 0 bridgehead atoms. The van der Waals surface area contributed by atoms with Gasteiger partial charge in [-0.25, -0.2) is 0 Å². The lowest BCUT2D eigenvalue weighted by molar-refractivity contribution is 0.0773. The molecule has 2 atom stereocenters. The zero-order valence-electron chi connectivity index (χ0n) is 21.7. The van der Waals surface area contributed by atoms with Gasteiger partial charge in [0, 0.05) is 41.2 Å². The van der Waals surface area contributed by atoms with E-state index < -0.39 is 7.29 Å². The molecule has 4 nitrogen and oxygen atoms in total. The summed E-state index contributed by atoms with van der Waals surface area (Å²) in [4.78, 5) is 14.9. The maximum absolute atomic E-state index is 14.9. The summed E-state index contributed by atoms with van der Waals surface area (Å²) in [7, 11) is -3.20. The third-order valence-electron chi connectivity index (χ3n) is 6.93. The Bertz CT molecular complexity index is 1300. The zero-order chi connectivity index (χ0) is 26.3. The largest absolute Gasteiger partial charge is 0.339 e. The Morgan fingerprint density at radius 3 is 1.73 bits per heavy atom. The van der Waals surface area contributed by atoms with Gasteiger partial charge in [-0.2, -0.15) is 0 Å². The van der Waals surface area contributed by atoms with Gasteiger partial charge in [-0.15, -0.1) is 0 Å². The minimum atomic E-state index is -3.20. The van der Waals surface area contributed by atoms with Crippen LogP contribution in [0.4, 0.5) is 0 Å². The van der Waals surface area contributed by atoms with Crippen molar-refractivity contribution in [1.82, 2.24) is 9.99 Å². The molecule has 4 rings (SSSR count). The van der Waals surface area contributed by atoms with Crippen LogP contribution in [0.5, 0.6) is 0 Å². The lowest BCUT2D eigenvalue weighted by Crippen LogP contribution is -2.33. The van der Waals surface area contributed by atoms with Crippen LogP contribution in [0.1, 0.15) is 54.2 Å². The molecule has 0 aliphatic carbocycles. The topological polar surface area (TPSA) is 49.4 Å². The zero-order valence-corrected chi connectivity index (χ0v) is 22.6. The fourth-order valence-electron chi connectivity index (χ4n) is 4.75. The molecule has 0 aliphatic rings. The van der Waals surface area contributed by atoms with E-state index in [4.69, 9.17) is 0 Å². The molecule has 0 spiro atoms. The molecule has 0 fully saturated rings.